The van der Waals surface area contributed by atoms with Gasteiger partial charge < -0.3 is 10.1 Å². The molecule has 2 heterocycles. The number of nitrogens with one attached hydrogen (secondary N) is 1. The molecule has 2 aromatic rings. The molecule has 0 fully saturated rings. The van der Waals surface area contributed by atoms with Crippen molar-refractivity contribution < 1.29 is 14.3 Å². The Morgan fingerprint density at radius 2 is 2.24 bits per heavy atom. The van der Waals surface area contributed by atoms with Crippen LogP contribution >= 0.6 is 15.9 Å². The molecule has 1 atom stereocenters. The average Bonchev–Trinajstić information content (AvgIpc) is 3.03. The lowest BCUT2D eigenvalue weighted by molar-refractivity contribution is -0.116. The molecule has 0 spiro atoms. The molecule has 6 nitrogen and oxygen atoms in total. The summed E-state index contributed by atoms with van der Waals surface area (Å²) in [5.41, 5.74) is 2.92. The molecule has 4 rings (SSSR count). The van der Waals surface area contributed by atoms with Crippen LogP contribution in [0.25, 0.3) is 0 Å². The number of esters is 1. The molecule has 0 saturated heterocycles. The molecule has 7 heteroatoms. The van der Waals surface area contributed by atoms with Crippen molar-refractivity contribution in [3.63, 3.8) is 0 Å². The molecule has 1 aliphatic carbocycles. The van der Waals surface area contributed by atoms with Gasteiger partial charge in [-0.05, 0) is 30.5 Å². The minimum absolute atomic E-state index is 0.125. The molecule has 0 radical (unpaired) electrons. The number of hydrogen-bond acceptors (Lipinski definition) is 5. The number of rotatable bonds is 2. The van der Waals surface area contributed by atoms with Gasteiger partial charge in [0.1, 0.15) is 17.4 Å². The zero-order valence-corrected chi connectivity index (χ0v) is 15.2. The van der Waals surface area contributed by atoms with E-state index in [9.17, 15) is 9.59 Å². The maximum absolute atomic E-state index is 12.7. The first-order chi connectivity index (χ1) is 12.1. The van der Waals surface area contributed by atoms with Gasteiger partial charge in [0, 0.05) is 22.2 Å². The summed E-state index contributed by atoms with van der Waals surface area (Å²) in [6.07, 6.45) is 3.60. The Bertz CT molecular complexity index is 916. The van der Waals surface area contributed by atoms with Crippen molar-refractivity contribution in [1.29, 1.82) is 0 Å². The lowest BCUT2D eigenvalue weighted by atomic mass is 9.85. The predicted molar refractivity (Wildman–Crippen MR) is 95.4 cm³/mol. The van der Waals surface area contributed by atoms with E-state index >= 15 is 0 Å². The van der Waals surface area contributed by atoms with E-state index in [2.05, 4.69) is 26.3 Å². The number of allylic oxidation sites excluding steroid dienone is 2. The lowest BCUT2D eigenvalue weighted by Gasteiger charge is -2.33. The highest BCUT2D eigenvalue weighted by Crippen LogP contribution is 2.41. The van der Waals surface area contributed by atoms with Crippen LogP contribution in [0, 0.1) is 0 Å². The van der Waals surface area contributed by atoms with Crippen molar-refractivity contribution in [2.24, 2.45) is 0 Å². The van der Waals surface area contributed by atoms with Gasteiger partial charge in [0.15, 0.2) is 5.78 Å². The number of ketones is 1. The summed E-state index contributed by atoms with van der Waals surface area (Å²) in [6, 6.07) is 7.46. The molecule has 0 unspecified atom stereocenters. The molecule has 128 valence electrons. The Labute approximate surface area is 153 Å². The van der Waals surface area contributed by atoms with Gasteiger partial charge in [0.05, 0.1) is 13.3 Å². The number of fused-ring (bicyclic) bond motifs is 1. The topological polar surface area (TPSA) is 73.2 Å². The highest BCUT2D eigenvalue weighted by atomic mass is 79.9. The van der Waals surface area contributed by atoms with Crippen LogP contribution in [0.5, 0.6) is 0 Å². The van der Waals surface area contributed by atoms with E-state index in [0.717, 1.165) is 34.1 Å². The summed E-state index contributed by atoms with van der Waals surface area (Å²) in [7, 11) is 1.34. The van der Waals surface area contributed by atoms with Crippen molar-refractivity contribution in [1.82, 2.24) is 9.78 Å². The zero-order chi connectivity index (χ0) is 17.6. The number of ether oxygens (including phenoxy) is 1. The first-order valence-corrected chi connectivity index (χ1v) is 8.84. The van der Waals surface area contributed by atoms with Crippen LogP contribution in [0.3, 0.4) is 0 Å². The van der Waals surface area contributed by atoms with Gasteiger partial charge in [0.2, 0.25) is 0 Å². The Balaban J connectivity index is 1.93. The molecular weight excluding hydrogens is 386 g/mol. The van der Waals surface area contributed by atoms with E-state index in [-0.39, 0.29) is 11.8 Å². The Kier molecular flexibility index (Phi) is 3.95. The molecule has 1 aliphatic heterocycles. The molecule has 25 heavy (non-hydrogen) atoms. The number of anilines is 1. The Hall–Kier alpha value is -2.41. The summed E-state index contributed by atoms with van der Waals surface area (Å²) >= 11 is 3.49. The highest BCUT2D eigenvalue weighted by Gasteiger charge is 2.37. The van der Waals surface area contributed by atoms with Crippen LogP contribution in [0.15, 0.2) is 46.2 Å². The summed E-state index contributed by atoms with van der Waals surface area (Å²) < 4.78 is 7.49. The van der Waals surface area contributed by atoms with E-state index in [1.807, 2.05) is 24.3 Å². The Morgan fingerprint density at radius 1 is 1.40 bits per heavy atom. The van der Waals surface area contributed by atoms with Crippen molar-refractivity contribution in [3.05, 3.63) is 57.3 Å². The fourth-order valence-corrected chi connectivity index (χ4v) is 3.92. The maximum Gasteiger partial charge on any atom is 0.343 e. The van der Waals surface area contributed by atoms with E-state index < -0.39 is 5.97 Å². The number of carbonyl (C=O) groups excluding carboxylic acids is 2. The fraction of sp³-hybridized carbons (Fsp3) is 0.278. The summed E-state index contributed by atoms with van der Waals surface area (Å²) in [6.45, 7) is 0. The SMILES string of the molecule is COC(=O)c1cnn2c1NC1=C(C(=O)CCC1)[C@@H]2c1cccc(Br)c1. The van der Waals surface area contributed by atoms with Crippen LogP contribution in [0.1, 0.15) is 41.2 Å². The van der Waals surface area contributed by atoms with Crippen molar-refractivity contribution >= 4 is 33.5 Å². The van der Waals surface area contributed by atoms with E-state index in [1.54, 1.807) is 4.68 Å². The number of nitrogens with zero attached hydrogens (tertiary/aromatic N) is 2. The number of benzene rings is 1. The molecule has 0 saturated carbocycles. The number of Topliss-reactive ketones (excluding diaryl/α,β-unsaturated/α-hetero) is 1. The lowest BCUT2D eigenvalue weighted by Crippen LogP contribution is -2.31. The Morgan fingerprint density at radius 3 is 3.00 bits per heavy atom. The van der Waals surface area contributed by atoms with Gasteiger partial charge in [-0.1, -0.05) is 28.1 Å². The standard InChI is InChI=1S/C18H16BrN3O3/c1-25-18(24)12-9-20-22-16(10-4-2-5-11(19)8-10)15-13(21-17(12)22)6-3-7-14(15)23/h2,4-5,8-9,16,21H,3,6-7H2,1H3/t16-/m0/s1. The minimum Gasteiger partial charge on any atom is -0.465 e. The van der Waals surface area contributed by atoms with Crippen molar-refractivity contribution in [2.75, 3.05) is 12.4 Å². The molecule has 0 amide bonds. The average molecular weight is 402 g/mol. The van der Waals surface area contributed by atoms with Gasteiger partial charge in [0.25, 0.3) is 0 Å². The van der Waals surface area contributed by atoms with Gasteiger partial charge >= 0.3 is 5.97 Å². The van der Waals surface area contributed by atoms with E-state index in [1.165, 1.54) is 13.3 Å². The second-order valence-electron chi connectivity index (χ2n) is 6.09. The second-order valence-corrected chi connectivity index (χ2v) is 7.01. The normalized spacial score (nSPS) is 19.1. The third-order valence-corrected chi connectivity index (χ3v) is 5.10. The second kappa shape index (κ2) is 6.15. The van der Waals surface area contributed by atoms with E-state index in [4.69, 9.17) is 4.74 Å². The zero-order valence-electron chi connectivity index (χ0n) is 13.6. The van der Waals surface area contributed by atoms with Crippen LogP contribution in [-0.2, 0) is 9.53 Å². The van der Waals surface area contributed by atoms with Crippen molar-refractivity contribution in [3.8, 4) is 0 Å². The predicted octanol–water partition coefficient (Wildman–Crippen LogP) is 3.45. The van der Waals surface area contributed by atoms with Crippen LogP contribution < -0.4 is 5.32 Å². The van der Waals surface area contributed by atoms with Gasteiger partial charge in [-0.3, -0.25) is 4.79 Å². The van der Waals surface area contributed by atoms with Gasteiger partial charge in [-0.2, -0.15) is 5.10 Å². The highest BCUT2D eigenvalue weighted by molar-refractivity contribution is 9.10. The molecule has 1 aromatic heterocycles. The largest absolute Gasteiger partial charge is 0.465 e. The summed E-state index contributed by atoms with van der Waals surface area (Å²) in [5, 5.41) is 7.64. The van der Waals surface area contributed by atoms with Crippen LogP contribution in [0.2, 0.25) is 0 Å². The third-order valence-electron chi connectivity index (χ3n) is 4.61. The van der Waals surface area contributed by atoms with Gasteiger partial charge in [-0.15, -0.1) is 0 Å². The number of aromatic nitrogens is 2. The van der Waals surface area contributed by atoms with E-state index in [0.29, 0.717) is 17.8 Å². The number of carbonyl (C=O) groups is 2. The molecular formula is C18H16BrN3O3. The van der Waals surface area contributed by atoms with Crippen LogP contribution in [-0.4, -0.2) is 28.6 Å². The molecule has 0 bridgehead atoms. The molecule has 1 aromatic carbocycles. The smallest absolute Gasteiger partial charge is 0.343 e. The first-order valence-electron chi connectivity index (χ1n) is 8.04. The number of halogens is 1. The summed E-state index contributed by atoms with van der Waals surface area (Å²) in [5.74, 6) is 0.248. The monoisotopic (exact) mass is 401 g/mol. The fourth-order valence-electron chi connectivity index (χ4n) is 3.50. The summed E-state index contributed by atoms with van der Waals surface area (Å²) in [4.78, 5) is 24.7. The number of hydrogen-bond donors (Lipinski definition) is 1. The van der Waals surface area contributed by atoms with Crippen LogP contribution in [0.4, 0.5) is 5.82 Å². The van der Waals surface area contributed by atoms with Gasteiger partial charge in [-0.25, -0.2) is 9.48 Å². The maximum atomic E-state index is 12.7. The molecule has 2 aliphatic rings. The third kappa shape index (κ3) is 2.59. The quantitative estimate of drug-likeness (QED) is 0.779. The first kappa shape index (κ1) is 16.1. The molecule has 1 N–H and O–H groups in total. The number of methoxy groups -OCH3 is 1. The van der Waals surface area contributed by atoms with Crippen molar-refractivity contribution in [2.45, 2.75) is 25.3 Å². The minimum atomic E-state index is -0.451.